The van der Waals surface area contributed by atoms with Crippen LogP contribution in [-0.4, -0.2) is 20.3 Å². The van der Waals surface area contributed by atoms with E-state index in [1.807, 2.05) is 24.3 Å². The molecule has 4 rings (SSSR count). The molecule has 0 saturated heterocycles. The van der Waals surface area contributed by atoms with Crippen LogP contribution < -0.4 is 11.1 Å². The fourth-order valence-electron chi connectivity index (χ4n) is 2.47. The van der Waals surface area contributed by atoms with Crippen molar-refractivity contribution in [2.24, 2.45) is 0 Å². The summed E-state index contributed by atoms with van der Waals surface area (Å²) in [7, 11) is 0. The van der Waals surface area contributed by atoms with Crippen molar-refractivity contribution in [1.82, 2.24) is 19.7 Å². The number of fused-ring (bicyclic) bond motifs is 3. The molecule has 0 aliphatic carbocycles. The number of nitrogens with two attached hydrogens (primary N) is 1. The lowest BCUT2D eigenvalue weighted by Gasteiger charge is -2.05. The number of rotatable bonds is 3. The number of nitrogen functional groups attached to an aromatic ring is 1. The number of para-hydroxylation sites is 2. The van der Waals surface area contributed by atoms with Crippen LogP contribution in [0.4, 0.5) is 5.82 Å². The average molecular weight is 307 g/mol. The summed E-state index contributed by atoms with van der Waals surface area (Å²) in [4.78, 5) is 20.9. The second kappa shape index (κ2) is 5.13. The molecule has 0 saturated carbocycles. The van der Waals surface area contributed by atoms with E-state index in [1.165, 1.54) is 0 Å². The van der Waals surface area contributed by atoms with Crippen molar-refractivity contribution in [3.05, 3.63) is 60.3 Å². The molecule has 1 aromatic carbocycles. The molecule has 0 bridgehead atoms. The van der Waals surface area contributed by atoms with Crippen molar-refractivity contribution in [2.75, 3.05) is 5.73 Å². The van der Waals surface area contributed by atoms with Gasteiger partial charge in [0.05, 0.1) is 23.8 Å². The number of nitrogens with zero attached hydrogens (tertiary/aromatic N) is 3. The Morgan fingerprint density at radius 2 is 2.09 bits per heavy atom. The van der Waals surface area contributed by atoms with Crippen LogP contribution in [0.2, 0.25) is 0 Å². The minimum absolute atomic E-state index is 0.215. The smallest absolute Gasteiger partial charge is 0.271 e. The molecule has 0 spiro atoms. The summed E-state index contributed by atoms with van der Waals surface area (Å²) >= 11 is 0. The first-order valence-corrected chi connectivity index (χ1v) is 7.06. The molecule has 23 heavy (non-hydrogen) atoms. The van der Waals surface area contributed by atoms with Gasteiger partial charge in [-0.05, 0) is 24.3 Å². The number of furan rings is 1. The van der Waals surface area contributed by atoms with Gasteiger partial charge in [0, 0.05) is 6.20 Å². The number of imidazole rings is 1. The first kappa shape index (κ1) is 13.3. The van der Waals surface area contributed by atoms with E-state index in [0.29, 0.717) is 11.4 Å². The normalized spacial score (nSPS) is 11.1. The van der Waals surface area contributed by atoms with Crippen molar-refractivity contribution < 1.29 is 9.21 Å². The van der Waals surface area contributed by atoms with Crippen LogP contribution >= 0.6 is 0 Å². The SMILES string of the molecule is Nc1nc(C(=O)NCc2ccco2)cn2c1nc1ccccc12. The van der Waals surface area contributed by atoms with Crippen LogP contribution in [-0.2, 0) is 6.54 Å². The predicted octanol–water partition coefficient (Wildman–Crippen LogP) is 1.99. The van der Waals surface area contributed by atoms with E-state index in [4.69, 9.17) is 10.2 Å². The molecule has 114 valence electrons. The number of hydrogen-bond donors (Lipinski definition) is 2. The number of carbonyl (C=O) groups excluding carboxylic acids is 1. The molecular weight excluding hydrogens is 294 g/mol. The number of amides is 1. The Bertz CT molecular complexity index is 1000. The summed E-state index contributed by atoms with van der Waals surface area (Å²) < 4.78 is 6.96. The molecule has 0 fully saturated rings. The number of benzene rings is 1. The van der Waals surface area contributed by atoms with Gasteiger partial charge >= 0.3 is 0 Å². The molecule has 0 unspecified atom stereocenters. The Kier molecular flexibility index (Phi) is 2.97. The molecule has 0 radical (unpaired) electrons. The quantitative estimate of drug-likeness (QED) is 0.603. The summed E-state index contributed by atoms with van der Waals surface area (Å²) in [5, 5.41) is 2.75. The van der Waals surface area contributed by atoms with Gasteiger partial charge in [-0.15, -0.1) is 0 Å². The molecular formula is C16H13N5O2. The first-order valence-electron chi connectivity index (χ1n) is 7.06. The number of nitrogens with one attached hydrogen (secondary N) is 1. The van der Waals surface area contributed by atoms with Crippen LogP contribution in [0.5, 0.6) is 0 Å². The monoisotopic (exact) mass is 307 g/mol. The number of hydrogen-bond acceptors (Lipinski definition) is 5. The van der Waals surface area contributed by atoms with E-state index in [2.05, 4.69) is 15.3 Å². The maximum atomic E-state index is 12.3. The minimum atomic E-state index is -0.326. The highest BCUT2D eigenvalue weighted by Crippen LogP contribution is 2.19. The molecule has 7 heteroatoms. The molecule has 3 N–H and O–H groups in total. The second-order valence-electron chi connectivity index (χ2n) is 5.07. The van der Waals surface area contributed by atoms with Crippen molar-refractivity contribution >= 4 is 28.4 Å². The van der Waals surface area contributed by atoms with E-state index >= 15 is 0 Å². The molecule has 3 aromatic heterocycles. The van der Waals surface area contributed by atoms with Gasteiger partial charge in [0.25, 0.3) is 5.91 Å². The third-order valence-corrected chi connectivity index (χ3v) is 3.55. The topological polar surface area (TPSA) is 98.4 Å². The van der Waals surface area contributed by atoms with Crippen LogP contribution in [0, 0.1) is 0 Å². The molecule has 0 aliphatic heterocycles. The zero-order valence-electron chi connectivity index (χ0n) is 12.1. The maximum Gasteiger partial charge on any atom is 0.271 e. The van der Waals surface area contributed by atoms with Gasteiger partial charge in [-0.25, -0.2) is 9.97 Å². The van der Waals surface area contributed by atoms with Gasteiger partial charge in [-0.2, -0.15) is 0 Å². The number of aromatic nitrogens is 3. The highest BCUT2D eigenvalue weighted by Gasteiger charge is 2.14. The van der Waals surface area contributed by atoms with Gasteiger partial charge in [-0.1, -0.05) is 12.1 Å². The van der Waals surface area contributed by atoms with Gasteiger partial charge in [0.15, 0.2) is 11.5 Å². The second-order valence-corrected chi connectivity index (χ2v) is 5.07. The van der Waals surface area contributed by atoms with E-state index in [9.17, 15) is 4.79 Å². The Balaban J connectivity index is 1.72. The summed E-state index contributed by atoms with van der Waals surface area (Å²) in [6.45, 7) is 0.288. The van der Waals surface area contributed by atoms with E-state index in [0.717, 1.165) is 11.0 Å². The van der Waals surface area contributed by atoms with Crippen LogP contribution in [0.3, 0.4) is 0 Å². The Morgan fingerprint density at radius 1 is 1.22 bits per heavy atom. The fraction of sp³-hybridized carbons (Fsp3) is 0.0625. The summed E-state index contributed by atoms with van der Waals surface area (Å²) in [5.74, 6) is 0.556. The van der Waals surface area contributed by atoms with Gasteiger partial charge in [0.1, 0.15) is 11.5 Å². The molecule has 0 aliphatic rings. The Labute approximate surface area is 130 Å². The third-order valence-electron chi connectivity index (χ3n) is 3.55. The van der Waals surface area contributed by atoms with E-state index in [-0.39, 0.29) is 24.0 Å². The predicted molar refractivity (Wildman–Crippen MR) is 84.8 cm³/mol. The molecule has 4 aromatic rings. The van der Waals surface area contributed by atoms with Gasteiger partial charge < -0.3 is 15.5 Å². The van der Waals surface area contributed by atoms with Gasteiger partial charge in [0.2, 0.25) is 0 Å². The first-order chi connectivity index (χ1) is 11.2. The molecule has 7 nitrogen and oxygen atoms in total. The van der Waals surface area contributed by atoms with Crippen LogP contribution in [0.1, 0.15) is 16.2 Å². The lowest BCUT2D eigenvalue weighted by atomic mass is 10.3. The Morgan fingerprint density at radius 3 is 2.91 bits per heavy atom. The third kappa shape index (κ3) is 2.28. The summed E-state index contributed by atoms with van der Waals surface area (Å²) in [6.07, 6.45) is 3.19. The average Bonchev–Trinajstić information content (AvgIpc) is 3.20. The van der Waals surface area contributed by atoms with Gasteiger partial charge in [-0.3, -0.25) is 9.20 Å². The van der Waals surface area contributed by atoms with E-state index < -0.39 is 0 Å². The highest BCUT2D eigenvalue weighted by atomic mass is 16.3. The molecule has 1 amide bonds. The highest BCUT2D eigenvalue weighted by molar-refractivity contribution is 5.94. The largest absolute Gasteiger partial charge is 0.467 e. The fourth-order valence-corrected chi connectivity index (χ4v) is 2.47. The summed E-state index contributed by atoms with van der Waals surface area (Å²) in [6, 6.07) is 11.2. The van der Waals surface area contributed by atoms with Crippen LogP contribution in [0.15, 0.2) is 53.3 Å². The lowest BCUT2D eigenvalue weighted by Crippen LogP contribution is -2.24. The maximum absolute atomic E-state index is 12.3. The van der Waals surface area contributed by atoms with Crippen molar-refractivity contribution in [3.63, 3.8) is 0 Å². The van der Waals surface area contributed by atoms with Crippen molar-refractivity contribution in [1.29, 1.82) is 0 Å². The zero-order chi connectivity index (χ0) is 15.8. The van der Waals surface area contributed by atoms with E-state index in [1.54, 1.807) is 29.0 Å². The Hall–Kier alpha value is -3.35. The molecule has 3 heterocycles. The van der Waals surface area contributed by atoms with Crippen molar-refractivity contribution in [3.8, 4) is 0 Å². The molecule has 0 atom stereocenters. The number of anilines is 1. The number of carbonyl (C=O) groups is 1. The minimum Gasteiger partial charge on any atom is -0.467 e. The summed E-state index contributed by atoms with van der Waals surface area (Å²) in [5.41, 5.74) is 8.39. The van der Waals surface area contributed by atoms with Crippen molar-refractivity contribution in [2.45, 2.75) is 6.54 Å². The standard InChI is InChI=1S/C16H13N5O2/c17-14-15-20-11-5-1-2-6-13(11)21(15)9-12(19-14)16(22)18-8-10-4-3-7-23-10/h1-7,9H,8H2,(H2,17,19)(H,18,22). The lowest BCUT2D eigenvalue weighted by molar-refractivity contribution is 0.0942. The zero-order valence-corrected chi connectivity index (χ0v) is 12.1. The van der Waals surface area contributed by atoms with Crippen LogP contribution in [0.25, 0.3) is 16.7 Å².